The van der Waals surface area contributed by atoms with Gasteiger partial charge < -0.3 is 15.2 Å². The molecule has 0 aromatic heterocycles. The lowest BCUT2D eigenvalue weighted by Gasteiger charge is -2.16. The van der Waals surface area contributed by atoms with Gasteiger partial charge in [-0.15, -0.1) is 0 Å². The summed E-state index contributed by atoms with van der Waals surface area (Å²) in [6.07, 6.45) is -0.538. The van der Waals surface area contributed by atoms with Crippen molar-refractivity contribution in [2.75, 3.05) is 12.4 Å². The lowest BCUT2D eigenvalue weighted by atomic mass is 9.99. The van der Waals surface area contributed by atoms with E-state index in [0.29, 0.717) is 11.3 Å². The first-order chi connectivity index (χ1) is 15.8. The van der Waals surface area contributed by atoms with Gasteiger partial charge in [-0.05, 0) is 29.3 Å². The molecule has 0 bridgehead atoms. The van der Waals surface area contributed by atoms with Gasteiger partial charge in [0.15, 0.2) is 0 Å². The van der Waals surface area contributed by atoms with Crippen LogP contribution in [0.1, 0.15) is 15.9 Å². The van der Waals surface area contributed by atoms with Crippen LogP contribution in [-0.4, -0.2) is 36.2 Å². The zero-order chi connectivity index (χ0) is 24.0. The van der Waals surface area contributed by atoms with E-state index >= 15 is 0 Å². The van der Waals surface area contributed by atoms with Gasteiger partial charge in [0, 0.05) is 12.0 Å². The molecule has 0 aliphatic heterocycles. The third kappa shape index (κ3) is 6.03. The Balaban J connectivity index is 1.77. The van der Waals surface area contributed by atoms with Gasteiger partial charge in [-0.25, -0.2) is 9.59 Å². The number of para-hydroxylation sites is 1. The Morgan fingerprint density at radius 3 is 2.18 bits per heavy atom. The number of hydrogen-bond acceptors (Lipinski definition) is 4. The first kappa shape index (κ1) is 24.1. The second kappa shape index (κ2) is 10.8. The van der Waals surface area contributed by atoms with Crippen molar-refractivity contribution in [3.63, 3.8) is 0 Å². The molecule has 33 heavy (non-hydrogen) atoms. The van der Waals surface area contributed by atoms with Gasteiger partial charge in [0.2, 0.25) is 0 Å². The van der Waals surface area contributed by atoms with Crippen molar-refractivity contribution >= 4 is 46.9 Å². The van der Waals surface area contributed by atoms with Gasteiger partial charge in [0.25, 0.3) is 5.91 Å². The van der Waals surface area contributed by atoms with E-state index in [0.717, 1.165) is 11.1 Å². The Kier molecular flexibility index (Phi) is 7.92. The van der Waals surface area contributed by atoms with E-state index in [1.807, 2.05) is 12.1 Å². The van der Waals surface area contributed by atoms with Crippen molar-refractivity contribution in [1.82, 2.24) is 5.32 Å². The van der Waals surface area contributed by atoms with Crippen molar-refractivity contribution in [2.45, 2.75) is 12.5 Å². The number of benzene rings is 3. The topological polar surface area (TPSA) is 105 Å². The Morgan fingerprint density at radius 2 is 1.58 bits per heavy atom. The average Bonchev–Trinajstić information content (AvgIpc) is 2.79. The van der Waals surface area contributed by atoms with Crippen LogP contribution in [0.2, 0.25) is 10.0 Å². The molecule has 1 atom stereocenters. The summed E-state index contributed by atoms with van der Waals surface area (Å²) in [6, 6.07) is 17.7. The van der Waals surface area contributed by atoms with Crippen molar-refractivity contribution in [3.8, 4) is 11.1 Å². The minimum Gasteiger partial charge on any atom is -0.480 e. The van der Waals surface area contributed by atoms with Crippen LogP contribution in [0.5, 0.6) is 0 Å². The Morgan fingerprint density at radius 1 is 0.939 bits per heavy atom. The largest absolute Gasteiger partial charge is 0.480 e. The third-order valence-corrected chi connectivity index (χ3v) is 5.48. The Labute approximate surface area is 200 Å². The van der Waals surface area contributed by atoms with Crippen LogP contribution < -0.4 is 10.6 Å². The lowest BCUT2D eigenvalue weighted by molar-refractivity contribution is -0.139. The number of anilines is 1. The van der Waals surface area contributed by atoms with Gasteiger partial charge in [-0.3, -0.25) is 10.1 Å². The van der Waals surface area contributed by atoms with Crippen molar-refractivity contribution in [2.24, 2.45) is 0 Å². The molecule has 0 aliphatic rings. The zero-order valence-corrected chi connectivity index (χ0v) is 19.0. The van der Waals surface area contributed by atoms with Crippen molar-refractivity contribution < 1.29 is 24.2 Å². The van der Waals surface area contributed by atoms with Crippen LogP contribution in [0.25, 0.3) is 11.1 Å². The number of aliphatic carboxylic acids is 1. The molecule has 0 spiro atoms. The molecule has 9 heteroatoms. The molecule has 0 unspecified atom stereocenters. The predicted octanol–water partition coefficient (Wildman–Crippen LogP) is 5.26. The van der Waals surface area contributed by atoms with Gasteiger partial charge in [-0.2, -0.15) is 0 Å². The number of halogens is 2. The number of carboxylic acid groups (broad SMARTS) is 1. The van der Waals surface area contributed by atoms with Crippen LogP contribution in [0.15, 0.2) is 66.7 Å². The van der Waals surface area contributed by atoms with Crippen LogP contribution >= 0.6 is 23.2 Å². The monoisotopic (exact) mass is 486 g/mol. The number of nitrogens with one attached hydrogen (secondary N) is 2. The molecule has 0 fully saturated rings. The Hall–Kier alpha value is -3.55. The van der Waals surface area contributed by atoms with E-state index in [2.05, 4.69) is 15.4 Å². The molecule has 3 aromatic rings. The molecule has 0 saturated carbocycles. The van der Waals surface area contributed by atoms with E-state index in [1.54, 1.807) is 42.5 Å². The smallest absolute Gasteiger partial charge is 0.411 e. The van der Waals surface area contributed by atoms with Crippen LogP contribution in [-0.2, 0) is 16.0 Å². The van der Waals surface area contributed by atoms with Gasteiger partial charge in [0.1, 0.15) is 6.04 Å². The fourth-order valence-electron chi connectivity index (χ4n) is 3.21. The summed E-state index contributed by atoms with van der Waals surface area (Å²) < 4.78 is 4.65. The van der Waals surface area contributed by atoms with Crippen LogP contribution in [0.4, 0.5) is 10.5 Å². The summed E-state index contributed by atoms with van der Waals surface area (Å²) >= 11 is 12.1. The fraction of sp³-hybridized carbons (Fsp3) is 0.125. The molecule has 0 heterocycles. The number of rotatable bonds is 7. The van der Waals surface area contributed by atoms with E-state index in [4.69, 9.17) is 23.2 Å². The highest BCUT2D eigenvalue weighted by Gasteiger charge is 2.24. The van der Waals surface area contributed by atoms with Gasteiger partial charge in [-0.1, -0.05) is 71.7 Å². The molecule has 0 radical (unpaired) electrons. The van der Waals surface area contributed by atoms with E-state index in [-0.39, 0.29) is 22.0 Å². The number of hydrogen-bond donors (Lipinski definition) is 3. The molecule has 7 nitrogen and oxygen atoms in total. The number of amides is 2. The second-order valence-corrected chi connectivity index (χ2v) is 7.84. The van der Waals surface area contributed by atoms with Crippen molar-refractivity contribution in [1.29, 1.82) is 0 Å². The Bertz CT molecular complexity index is 1160. The zero-order valence-electron chi connectivity index (χ0n) is 17.5. The number of carbonyl (C=O) groups excluding carboxylic acids is 2. The predicted molar refractivity (Wildman–Crippen MR) is 127 cm³/mol. The summed E-state index contributed by atoms with van der Waals surface area (Å²) in [5.41, 5.74) is 2.87. The maximum Gasteiger partial charge on any atom is 0.411 e. The SMILES string of the molecule is COC(=O)Nc1ccccc1-c1ccc(C[C@H](NC(=O)c2c(Cl)cccc2Cl)C(=O)O)cc1. The van der Waals surface area contributed by atoms with E-state index < -0.39 is 24.0 Å². The quantitative estimate of drug-likeness (QED) is 0.422. The van der Waals surface area contributed by atoms with Crippen LogP contribution in [0.3, 0.4) is 0 Å². The number of ether oxygens (including phenoxy) is 1. The summed E-state index contributed by atoms with van der Waals surface area (Å²) in [4.78, 5) is 36.0. The highest BCUT2D eigenvalue weighted by molar-refractivity contribution is 6.39. The fourth-order valence-corrected chi connectivity index (χ4v) is 3.78. The molecule has 3 N–H and O–H groups in total. The van der Waals surface area contributed by atoms with Crippen LogP contribution in [0, 0.1) is 0 Å². The normalized spacial score (nSPS) is 11.4. The maximum absolute atomic E-state index is 12.6. The third-order valence-electron chi connectivity index (χ3n) is 4.85. The summed E-state index contributed by atoms with van der Waals surface area (Å²) in [5, 5.41) is 15.0. The molecule has 0 saturated heterocycles. The second-order valence-electron chi connectivity index (χ2n) is 7.02. The summed E-state index contributed by atoms with van der Waals surface area (Å²) in [7, 11) is 1.28. The lowest BCUT2D eigenvalue weighted by Crippen LogP contribution is -2.42. The molecule has 0 aliphatic carbocycles. The molecular weight excluding hydrogens is 467 g/mol. The van der Waals surface area contributed by atoms with E-state index in [1.165, 1.54) is 19.2 Å². The molecule has 2 amide bonds. The minimum atomic E-state index is -1.19. The molecule has 170 valence electrons. The highest BCUT2D eigenvalue weighted by Crippen LogP contribution is 2.28. The number of methoxy groups -OCH3 is 1. The summed E-state index contributed by atoms with van der Waals surface area (Å²) in [5.74, 6) is -1.86. The van der Waals surface area contributed by atoms with Crippen molar-refractivity contribution in [3.05, 3.63) is 87.9 Å². The molecule has 3 rings (SSSR count). The molecular formula is C24H20Cl2N2O5. The standard InChI is InChI=1S/C24H20Cl2N2O5/c1-33-24(32)28-19-8-3-2-5-16(19)15-11-9-14(10-12-15)13-20(23(30)31)27-22(29)21-17(25)6-4-7-18(21)26/h2-12,20H,13H2,1H3,(H,27,29)(H,28,32)(H,30,31)/t20-/m0/s1. The maximum atomic E-state index is 12.6. The number of carbonyl (C=O) groups is 3. The minimum absolute atomic E-state index is 0.0251. The van der Waals surface area contributed by atoms with E-state index in [9.17, 15) is 19.5 Å². The first-order valence-corrected chi connectivity index (χ1v) is 10.6. The number of carboxylic acids is 1. The van der Waals surface area contributed by atoms with Gasteiger partial charge in [0.05, 0.1) is 28.4 Å². The molecule has 3 aromatic carbocycles. The average molecular weight is 487 g/mol. The highest BCUT2D eigenvalue weighted by atomic mass is 35.5. The van der Waals surface area contributed by atoms with Gasteiger partial charge >= 0.3 is 12.1 Å². The first-order valence-electron chi connectivity index (χ1n) is 9.81. The summed E-state index contributed by atoms with van der Waals surface area (Å²) in [6.45, 7) is 0.